The van der Waals surface area contributed by atoms with Crippen molar-refractivity contribution < 1.29 is 9.59 Å². The van der Waals surface area contributed by atoms with Gasteiger partial charge in [-0.25, -0.2) is 0 Å². The van der Waals surface area contributed by atoms with Crippen LogP contribution in [0.3, 0.4) is 0 Å². The maximum absolute atomic E-state index is 12.1. The van der Waals surface area contributed by atoms with E-state index in [-0.39, 0.29) is 18.5 Å². The van der Waals surface area contributed by atoms with Crippen LogP contribution in [0.25, 0.3) is 0 Å². The first-order valence-corrected chi connectivity index (χ1v) is 5.91. The maximum atomic E-state index is 12.1. The van der Waals surface area contributed by atoms with Crippen molar-refractivity contribution in [3.63, 3.8) is 0 Å². The van der Waals surface area contributed by atoms with Crippen molar-refractivity contribution in [3.05, 3.63) is 0 Å². The lowest BCUT2D eigenvalue weighted by molar-refractivity contribution is -0.139. The summed E-state index contributed by atoms with van der Waals surface area (Å²) < 4.78 is 0. The molecular formula is C11H19N3O2. The Morgan fingerprint density at radius 2 is 1.81 bits per heavy atom. The second-order valence-electron chi connectivity index (χ2n) is 4.99. The van der Waals surface area contributed by atoms with E-state index < -0.39 is 11.4 Å². The van der Waals surface area contributed by atoms with Gasteiger partial charge in [0.15, 0.2) is 0 Å². The first-order chi connectivity index (χ1) is 7.53. The molecule has 2 fully saturated rings. The van der Waals surface area contributed by atoms with Gasteiger partial charge in [-0.15, -0.1) is 0 Å². The van der Waals surface area contributed by atoms with Crippen molar-refractivity contribution in [3.8, 4) is 0 Å². The van der Waals surface area contributed by atoms with Gasteiger partial charge in [0.25, 0.3) is 0 Å². The van der Waals surface area contributed by atoms with Gasteiger partial charge >= 0.3 is 0 Å². The molecule has 0 radical (unpaired) electrons. The van der Waals surface area contributed by atoms with E-state index in [0.29, 0.717) is 0 Å². The second-order valence-corrected chi connectivity index (χ2v) is 4.99. The standard InChI is InChI=1S/C11H19N3O2/c12-9(15)7-14(8-3-1-2-4-8)10(16)11(13)5-6-11/h8H,1-7,13H2,(H2,12,15). The third-order valence-corrected chi connectivity index (χ3v) is 3.57. The van der Waals surface area contributed by atoms with Gasteiger partial charge in [0.05, 0.1) is 12.1 Å². The predicted molar refractivity (Wildman–Crippen MR) is 59.3 cm³/mol. The Kier molecular flexibility index (Phi) is 2.88. The predicted octanol–water partition coefficient (Wildman–Crippen LogP) is -0.266. The maximum Gasteiger partial charge on any atom is 0.243 e. The van der Waals surface area contributed by atoms with E-state index in [0.717, 1.165) is 38.5 Å². The van der Waals surface area contributed by atoms with Gasteiger partial charge in [-0.2, -0.15) is 0 Å². The van der Waals surface area contributed by atoms with Crippen molar-refractivity contribution in [1.82, 2.24) is 4.90 Å². The Morgan fingerprint density at radius 1 is 1.25 bits per heavy atom. The minimum Gasteiger partial charge on any atom is -0.368 e. The zero-order valence-corrected chi connectivity index (χ0v) is 9.45. The van der Waals surface area contributed by atoms with Crippen molar-refractivity contribution in [2.24, 2.45) is 11.5 Å². The summed E-state index contributed by atoms with van der Waals surface area (Å²) in [4.78, 5) is 24.8. The fourth-order valence-electron chi connectivity index (χ4n) is 2.39. The van der Waals surface area contributed by atoms with Gasteiger partial charge in [0.1, 0.15) is 0 Å². The molecule has 0 atom stereocenters. The van der Waals surface area contributed by atoms with Gasteiger partial charge < -0.3 is 16.4 Å². The summed E-state index contributed by atoms with van der Waals surface area (Å²) in [5, 5.41) is 0. The van der Waals surface area contributed by atoms with Gasteiger partial charge in [0.2, 0.25) is 11.8 Å². The fourth-order valence-corrected chi connectivity index (χ4v) is 2.39. The molecule has 0 aromatic heterocycles. The molecule has 0 aliphatic heterocycles. The average molecular weight is 225 g/mol. The molecule has 0 aromatic carbocycles. The third-order valence-electron chi connectivity index (χ3n) is 3.57. The molecule has 2 amide bonds. The number of nitrogens with zero attached hydrogens (tertiary/aromatic N) is 1. The van der Waals surface area contributed by atoms with Crippen molar-refractivity contribution >= 4 is 11.8 Å². The summed E-state index contributed by atoms with van der Waals surface area (Å²) in [7, 11) is 0. The molecule has 16 heavy (non-hydrogen) atoms. The number of nitrogens with two attached hydrogens (primary N) is 2. The monoisotopic (exact) mass is 225 g/mol. The van der Waals surface area contributed by atoms with Crippen LogP contribution in [0.2, 0.25) is 0 Å². The Bertz CT molecular complexity index is 306. The Hall–Kier alpha value is -1.10. The third kappa shape index (κ3) is 2.19. The number of hydrogen-bond donors (Lipinski definition) is 2. The van der Waals surface area contributed by atoms with Crippen molar-refractivity contribution in [2.75, 3.05) is 6.54 Å². The molecular weight excluding hydrogens is 206 g/mol. The second kappa shape index (κ2) is 4.05. The van der Waals surface area contributed by atoms with Crippen molar-refractivity contribution in [1.29, 1.82) is 0 Å². The molecule has 5 nitrogen and oxygen atoms in total. The lowest BCUT2D eigenvalue weighted by Crippen LogP contribution is -2.52. The van der Waals surface area contributed by atoms with Gasteiger partial charge in [-0.1, -0.05) is 12.8 Å². The zero-order chi connectivity index (χ0) is 11.8. The molecule has 0 bridgehead atoms. The fraction of sp³-hybridized carbons (Fsp3) is 0.818. The van der Waals surface area contributed by atoms with Crippen LogP contribution >= 0.6 is 0 Å². The largest absolute Gasteiger partial charge is 0.368 e. The van der Waals surface area contributed by atoms with Crippen LogP contribution in [0.15, 0.2) is 0 Å². The first-order valence-electron chi connectivity index (χ1n) is 5.91. The minimum atomic E-state index is -0.696. The van der Waals surface area contributed by atoms with Gasteiger partial charge in [-0.05, 0) is 25.7 Å². The van der Waals surface area contributed by atoms with E-state index in [1.807, 2.05) is 0 Å². The topological polar surface area (TPSA) is 89.4 Å². The first kappa shape index (κ1) is 11.4. The quantitative estimate of drug-likeness (QED) is 0.690. The number of amides is 2. The molecule has 0 unspecified atom stereocenters. The van der Waals surface area contributed by atoms with Gasteiger partial charge in [-0.3, -0.25) is 9.59 Å². The lowest BCUT2D eigenvalue weighted by atomic mass is 10.1. The zero-order valence-electron chi connectivity index (χ0n) is 9.45. The molecule has 0 spiro atoms. The number of carbonyl (C=O) groups is 2. The molecule has 2 aliphatic carbocycles. The van der Waals surface area contributed by atoms with Crippen LogP contribution in [0.4, 0.5) is 0 Å². The Morgan fingerprint density at radius 3 is 2.25 bits per heavy atom. The number of carbonyl (C=O) groups excluding carboxylic acids is 2. The lowest BCUT2D eigenvalue weighted by Gasteiger charge is -2.30. The normalized spacial score (nSPS) is 23.1. The van der Waals surface area contributed by atoms with E-state index in [2.05, 4.69) is 0 Å². The summed E-state index contributed by atoms with van der Waals surface area (Å²) in [5.41, 5.74) is 10.4. The molecule has 4 N–H and O–H groups in total. The van der Waals surface area contributed by atoms with Crippen LogP contribution in [0, 0.1) is 0 Å². The summed E-state index contributed by atoms with van der Waals surface area (Å²) in [6, 6.07) is 0.168. The van der Waals surface area contributed by atoms with Crippen LogP contribution in [0.1, 0.15) is 38.5 Å². The highest BCUT2D eigenvalue weighted by atomic mass is 16.2. The highest BCUT2D eigenvalue weighted by molar-refractivity contribution is 5.92. The molecule has 0 heterocycles. The summed E-state index contributed by atoms with van der Waals surface area (Å²) >= 11 is 0. The molecule has 90 valence electrons. The number of hydrogen-bond acceptors (Lipinski definition) is 3. The smallest absolute Gasteiger partial charge is 0.243 e. The molecule has 5 heteroatoms. The molecule has 0 aromatic rings. The molecule has 2 aliphatic rings. The summed E-state index contributed by atoms with van der Waals surface area (Å²) in [5.74, 6) is -0.539. The van der Waals surface area contributed by atoms with Crippen LogP contribution in [0.5, 0.6) is 0 Å². The molecule has 2 saturated carbocycles. The SMILES string of the molecule is NC(=O)CN(C(=O)C1(N)CC1)C1CCCC1. The number of primary amides is 1. The minimum absolute atomic E-state index is 0.0163. The summed E-state index contributed by atoms with van der Waals surface area (Å²) in [6.45, 7) is 0.0163. The van der Waals surface area contributed by atoms with E-state index >= 15 is 0 Å². The highest BCUT2D eigenvalue weighted by Crippen LogP contribution is 2.36. The van der Waals surface area contributed by atoms with E-state index in [4.69, 9.17) is 11.5 Å². The molecule has 2 rings (SSSR count). The van der Waals surface area contributed by atoms with Crippen LogP contribution in [-0.4, -0.2) is 34.8 Å². The average Bonchev–Trinajstić information content (AvgIpc) is 2.80. The van der Waals surface area contributed by atoms with Crippen LogP contribution < -0.4 is 11.5 Å². The Balaban J connectivity index is 2.06. The summed E-state index contributed by atoms with van der Waals surface area (Å²) in [6.07, 6.45) is 5.63. The van der Waals surface area contributed by atoms with E-state index in [1.54, 1.807) is 4.90 Å². The van der Waals surface area contributed by atoms with Crippen LogP contribution in [-0.2, 0) is 9.59 Å². The van der Waals surface area contributed by atoms with Crippen molar-refractivity contribution in [2.45, 2.75) is 50.1 Å². The van der Waals surface area contributed by atoms with E-state index in [9.17, 15) is 9.59 Å². The highest BCUT2D eigenvalue weighted by Gasteiger charge is 2.49. The molecule has 0 saturated heterocycles. The number of rotatable bonds is 4. The van der Waals surface area contributed by atoms with Gasteiger partial charge in [0, 0.05) is 6.04 Å². The van der Waals surface area contributed by atoms with E-state index in [1.165, 1.54) is 0 Å². The Labute approximate surface area is 95.1 Å².